The number of hydrogen-bond acceptors (Lipinski definition) is 4. The molecular weight excluding hydrogens is 386 g/mol. The van der Waals surface area contributed by atoms with Crippen molar-refractivity contribution in [2.24, 2.45) is 0 Å². The Labute approximate surface area is 147 Å². The molecule has 1 N–H and O–H groups in total. The van der Waals surface area contributed by atoms with Gasteiger partial charge in [0.2, 0.25) is 0 Å². The molecule has 0 radical (unpaired) electrons. The molecule has 26 heavy (non-hydrogen) atoms. The molecule has 0 saturated carbocycles. The maximum atomic E-state index is 12.5. The number of carbonyl (C=O) groups is 1. The van der Waals surface area contributed by atoms with Gasteiger partial charge in [-0.2, -0.15) is 26.3 Å². The van der Waals surface area contributed by atoms with Crippen molar-refractivity contribution >= 4 is 22.4 Å². The zero-order chi connectivity index (χ0) is 19.4. The summed E-state index contributed by atoms with van der Waals surface area (Å²) < 4.78 is 77.4. The van der Waals surface area contributed by atoms with Crippen molar-refractivity contribution in [3.05, 3.63) is 46.5 Å². The third kappa shape index (κ3) is 6.64. The molecular formula is C15H12F6N2O2S. The number of nitrogens with one attached hydrogen (secondary N) is 1. The highest BCUT2D eigenvalue weighted by atomic mass is 32.1. The van der Waals surface area contributed by atoms with E-state index in [1.54, 1.807) is 0 Å². The smallest absolute Gasteiger partial charge is 0.362 e. The number of benzene rings is 1. The molecule has 0 aliphatic carbocycles. The largest absolute Gasteiger partial charge is 0.416 e. The van der Waals surface area contributed by atoms with E-state index in [4.69, 9.17) is 0 Å². The summed E-state index contributed by atoms with van der Waals surface area (Å²) >= 11 is 1.06. The number of nitrogens with zero attached hydrogens (tertiary/aromatic N) is 1. The van der Waals surface area contributed by atoms with Gasteiger partial charge in [-0.1, -0.05) is 12.1 Å². The van der Waals surface area contributed by atoms with E-state index >= 15 is 0 Å². The molecule has 2 rings (SSSR count). The van der Waals surface area contributed by atoms with Crippen LogP contribution < -0.4 is 5.32 Å². The van der Waals surface area contributed by atoms with Crippen LogP contribution in [0.5, 0.6) is 0 Å². The average Bonchev–Trinajstić information content (AvgIpc) is 2.92. The molecule has 1 aromatic carbocycles. The number of hydrogen-bond donors (Lipinski definition) is 1. The minimum absolute atomic E-state index is 0.160. The predicted octanol–water partition coefficient (Wildman–Crippen LogP) is 4.27. The highest BCUT2D eigenvalue weighted by molar-refractivity contribution is 7.15. The predicted molar refractivity (Wildman–Crippen MR) is 81.9 cm³/mol. The Balaban J connectivity index is 1.86. The molecule has 2 aromatic rings. The first-order valence-corrected chi connectivity index (χ1v) is 7.90. The molecule has 11 heteroatoms. The fourth-order valence-electron chi connectivity index (χ4n) is 1.87. The molecule has 0 atom stereocenters. The van der Waals surface area contributed by atoms with Crippen molar-refractivity contribution in [3.8, 4) is 0 Å². The summed E-state index contributed by atoms with van der Waals surface area (Å²) in [7, 11) is 0. The quantitative estimate of drug-likeness (QED) is 0.740. The highest BCUT2D eigenvalue weighted by Crippen LogP contribution is 2.30. The molecule has 0 aliphatic rings. The second-order valence-electron chi connectivity index (χ2n) is 5.16. The van der Waals surface area contributed by atoms with Crippen LogP contribution in [0.15, 0.2) is 30.5 Å². The Hall–Kier alpha value is -2.14. The molecule has 1 heterocycles. The summed E-state index contributed by atoms with van der Waals surface area (Å²) in [5, 5.41) is 2.45. The van der Waals surface area contributed by atoms with Crippen molar-refractivity contribution in [2.75, 3.05) is 18.5 Å². The monoisotopic (exact) mass is 398 g/mol. The number of anilines is 1. The first-order valence-electron chi connectivity index (χ1n) is 7.08. The molecule has 0 aliphatic heterocycles. The average molecular weight is 398 g/mol. The Bertz CT molecular complexity index is 740. The fraction of sp³-hybridized carbons (Fsp3) is 0.333. The Morgan fingerprint density at radius 2 is 1.77 bits per heavy atom. The van der Waals surface area contributed by atoms with Gasteiger partial charge in [0.15, 0.2) is 5.13 Å². The van der Waals surface area contributed by atoms with Gasteiger partial charge in [-0.25, -0.2) is 4.98 Å². The van der Waals surface area contributed by atoms with Gasteiger partial charge >= 0.3 is 12.4 Å². The summed E-state index contributed by atoms with van der Waals surface area (Å²) in [4.78, 5) is 16.0. The van der Waals surface area contributed by atoms with Gasteiger partial charge in [0.05, 0.1) is 5.56 Å². The minimum atomic E-state index is -4.52. The van der Waals surface area contributed by atoms with E-state index in [9.17, 15) is 31.1 Å². The first kappa shape index (κ1) is 20.2. The molecule has 0 unspecified atom stereocenters. The molecule has 0 fully saturated rings. The molecule has 0 spiro atoms. The van der Waals surface area contributed by atoms with E-state index < -0.39 is 37.0 Å². The zero-order valence-corrected chi connectivity index (χ0v) is 13.8. The fourth-order valence-corrected chi connectivity index (χ4v) is 2.74. The molecule has 1 amide bonds. The van der Waals surface area contributed by atoms with Crippen LogP contribution in [0.4, 0.5) is 31.5 Å². The number of thiazole rings is 1. The second-order valence-corrected chi connectivity index (χ2v) is 6.27. The van der Waals surface area contributed by atoms with Crippen LogP contribution in [0, 0.1) is 0 Å². The molecule has 0 bridgehead atoms. The van der Waals surface area contributed by atoms with E-state index in [1.165, 1.54) is 18.3 Å². The van der Waals surface area contributed by atoms with Gasteiger partial charge in [-0.05, 0) is 17.7 Å². The maximum Gasteiger partial charge on any atom is 0.416 e. The molecule has 142 valence electrons. The van der Waals surface area contributed by atoms with Gasteiger partial charge in [0.1, 0.15) is 13.2 Å². The van der Waals surface area contributed by atoms with Crippen LogP contribution in [0.25, 0.3) is 0 Å². The van der Waals surface area contributed by atoms with E-state index in [1.807, 2.05) is 0 Å². The van der Waals surface area contributed by atoms with E-state index in [-0.39, 0.29) is 5.13 Å². The van der Waals surface area contributed by atoms with Gasteiger partial charge in [-0.15, -0.1) is 11.3 Å². The molecule has 1 aromatic heterocycles. The van der Waals surface area contributed by atoms with Crippen molar-refractivity contribution in [1.29, 1.82) is 0 Å². The third-order valence-electron chi connectivity index (χ3n) is 2.96. The number of aromatic nitrogens is 1. The first-order chi connectivity index (χ1) is 12.0. The summed E-state index contributed by atoms with van der Waals surface area (Å²) in [5.41, 5.74) is -0.134. The van der Waals surface area contributed by atoms with Gasteiger partial charge in [0.25, 0.3) is 5.91 Å². The number of rotatable bonds is 6. The Morgan fingerprint density at radius 3 is 2.35 bits per heavy atom. The Kier molecular flexibility index (Phi) is 6.24. The highest BCUT2D eigenvalue weighted by Gasteiger charge is 2.30. The van der Waals surface area contributed by atoms with E-state index in [2.05, 4.69) is 15.0 Å². The summed E-state index contributed by atoms with van der Waals surface area (Å²) in [6.07, 6.45) is -7.20. The molecule has 0 saturated heterocycles. The number of amides is 1. The van der Waals surface area contributed by atoms with Crippen LogP contribution >= 0.6 is 11.3 Å². The van der Waals surface area contributed by atoms with Crippen LogP contribution in [0.2, 0.25) is 0 Å². The number of alkyl halides is 6. The number of carbonyl (C=O) groups excluding carboxylic acids is 1. The van der Waals surface area contributed by atoms with Crippen LogP contribution in [0.3, 0.4) is 0 Å². The third-order valence-corrected chi connectivity index (χ3v) is 3.87. The van der Waals surface area contributed by atoms with Crippen molar-refractivity contribution < 1.29 is 35.9 Å². The second kappa shape index (κ2) is 8.04. The lowest BCUT2D eigenvalue weighted by molar-refractivity contribution is -0.174. The summed E-state index contributed by atoms with van der Waals surface area (Å²) in [5.74, 6) is -0.787. The summed E-state index contributed by atoms with van der Waals surface area (Å²) in [6, 6.07) is 4.62. The standard InChI is InChI=1S/C15H12F6N2O2S/c16-14(17,18)8-25-7-12(24)23-13-22-6-11(26-13)5-9-1-3-10(4-2-9)15(19,20)21/h1-4,6H,5,7-8H2,(H,22,23,24). The lowest BCUT2D eigenvalue weighted by atomic mass is 10.1. The van der Waals surface area contributed by atoms with Crippen molar-refractivity contribution in [3.63, 3.8) is 0 Å². The van der Waals surface area contributed by atoms with Crippen molar-refractivity contribution in [2.45, 2.75) is 18.8 Å². The van der Waals surface area contributed by atoms with Gasteiger partial charge in [-0.3, -0.25) is 10.1 Å². The number of ether oxygens (including phenoxy) is 1. The topological polar surface area (TPSA) is 51.2 Å². The summed E-state index contributed by atoms with van der Waals surface area (Å²) in [6.45, 7) is -2.30. The normalized spacial score (nSPS) is 12.2. The SMILES string of the molecule is O=C(COCC(F)(F)F)Nc1ncc(Cc2ccc(C(F)(F)F)cc2)s1. The van der Waals surface area contributed by atoms with Gasteiger partial charge in [0, 0.05) is 17.5 Å². The van der Waals surface area contributed by atoms with Gasteiger partial charge < -0.3 is 4.74 Å². The van der Waals surface area contributed by atoms with Crippen LogP contribution in [-0.4, -0.2) is 30.3 Å². The van der Waals surface area contributed by atoms with E-state index in [0.29, 0.717) is 16.9 Å². The molecule has 4 nitrogen and oxygen atoms in total. The lowest BCUT2D eigenvalue weighted by Gasteiger charge is -2.07. The van der Waals surface area contributed by atoms with Crippen LogP contribution in [0.1, 0.15) is 16.0 Å². The van der Waals surface area contributed by atoms with Crippen LogP contribution in [-0.2, 0) is 22.1 Å². The zero-order valence-electron chi connectivity index (χ0n) is 12.9. The number of halogens is 6. The Morgan fingerprint density at radius 1 is 1.12 bits per heavy atom. The van der Waals surface area contributed by atoms with Crippen molar-refractivity contribution in [1.82, 2.24) is 4.98 Å². The maximum absolute atomic E-state index is 12.5. The van der Waals surface area contributed by atoms with E-state index in [0.717, 1.165) is 23.5 Å². The minimum Gasteiger partial charge on any atom is -0.362 e. The lowest BCUT2D eigenvalue weighted by Crippen LogP contribution is -2.23.